The maximum atomic E-state index is 13.3. The average molecular weight is 454 g/mol. The van der Waals surface area contributed by atoms with E-state index in [2.05, 4.69) is 68.3 Å². The van der Waals surface area contributed by atoms with E-state index in [1.54, 1.807) is 0 Å². The van der Waals surface area contributed by atoms with Crippen LogP contribution in [0.2, 0.25) is 0 Å². The number of thiophene rings is 1. The molecule has 5 nitrogen and oxygen atoms in total. The van der Waals surface area contributed by atoms with Crippen molar-refractivity contribution in [2.45, 2.75) is 46.6 Å². The van der Waals surface area contributed by atoms with Crippen molar-refractivity contribution in [1.82, 2.24) is 14.7 Å². The quantitative estimate of drug-likeness (QED) is 0.700. The van der Waals surface area contributed by atoms with Crippen LogP contribution in [-0.2, 0) is 16.0 Å². The van der Waals surface area contributed by atoms with Crippen molar-refractivity contribution in [3.8, 4) is 0 Å². The predicted molar refractivity (Wildman–Crippen MR) is 130 cm³/mol. The molecule has 2 aliphatic rings. The number of nitrogens with zero attached hydrogens (tertiary/aromatic N) is 3. The summed E-state index contributed by atoms with van der Waals surface area (Å²) in [6.45, 7) is 12.3. The summed E-state index contributed by atoms with van der Waals surface area (Å²) < 4.78 is 0. The number of piperazine rings is 1. The third-order valence-electron chi connectivity index (χ3n) is 6.55. The van der Waals surface area contributed by atoms with Crippen molar-refractivity contribution in [3.05, 3.63) is 57.3 Å². The van der Waals surface area contributed by atoms with E-state index in [4.69, 9.17) is 0 Å². The Labute approximate surface area is 196 Å². The third kappa shape index (κ3) is 5.07. The van der Waals surface area contributed by atoms with E-state index >= 15 is 0 Å². The molecular weight excluding hydrogens is 418 g/mol. The van der Waals surface area contributed by atoms with Crippen molar-refractivity contribution in [1.29, 1.82) is 0 Å². The first-order chi connectivity index (χ1) is 15.2. The second-order valence-corrected chi connectivity index (χ2v) is 11.3. The van der Waals surface area contributed by atoms with Crippen LogP contribution in [0.15, 0.2) is 35.7 Å². The number of amides is 2. The number of benzene rings is 1. The lowest BCUT2D eigenvalue weighted by Crippen LogP contribution is -2.53. The molecule has 2 aromatic rings. The molecule has 1 aromatic heterocycles. The van der Waals surface area contributed by atoms with Crippen LogP contribution in [0.3, 0.4) is 0 Å². The molecule has 1 unspecified atom stereocenters. The number of aryl methyl sites for hydroxylation is 1. The minimum atomic E-state index is -0.0105. The number of hydrogen-bond donors (Lipinski definition) is 0. The molecule has 1 atom stereocenters. The Kier molecular flexibility index (Phi) is 6.72. The average Bonchev–Trinajstić information content (AvgIpc) is 3.22. The molecule has 1 fully saturated rings. The Morgan fingerprint density at radius 3 is 2.25 bits per heavy atom. The summed E-state index contributed by atoms with van der Waals surface area (Å²) in [6.07, 6.45) is 1.55. The zero-order valence-corrected chi connectivity index (χ0v) is 20.6. The zero-order valence-electron chi connectivity index (χ0n) is 19.8. The fraction of sp³-hybridized carbons (Fsp3) is 0.538. The molecule has 2 aliphatic heterocycles. The highest BCUT2D eigenvalue weighted by atomic mass is 32.1. The molecule has 2 amide bonds. The summed E-state index contributed by atoms with van der Waals surface area (Å²) in [6, 6.07) is 10.9. The normalized spacial score (nSPS) is 19.7. The van der Waals surface area contributed by atoms with Crippen LogP contribution in [0.4, 0.5) is 0 Å². The summed E-state index contributed by atoms with van der Waals surface area (Å²) in [5.74, 6) is 0.371. The number of fused-ring (bicyclic) bond motifs is 1. The van der Waals surface area contributed by atoms with Gasteiger partial charge in [0.1, 0.15) is 0 Å². The second kappa shape index (κ2) is 9.36. The minimum Gasteiger partial charge on any atom is -0.339 e. The molecule has 0 N–H and O–H groups in total. The Bertz CT molecular complexity index is 969. The number of rotatable bonds is 4. The summed E-state index contributed by atoms with van der Waals surface area (Å²) in [7, 11) is 0. The Morgan fingerprint density at radius 2 is 1.59 bits per heavy atom. The van der Waals surface area contributed by atoms with Crippen LogP contribution in [0.1, 0.15) is 54.8 Å². The monoisotopic (exact) mass is 453 g/mol. The van der Waals surface area contributed by atoms with Crippen molar-refractivity contribution in [2.24, 2.45) is 5.41 Å². The van der Waals surface area contributed by atoms with Gasteiger partial charge in [0.15, 0.2) is 0 Å². The van der Waals surface area contributed by atoms with E-state index in [9.17, 15) is 9.59 Å². The standard InChI is InChI=1S/C26H35N3O2S/c1-19-7-5-6-8-20(19)25-21-10-16-32-22(21)9-11-29(25)18-24(31)28-14-12-27(13-15-28)23(30)17-26(2,3)4/h5-8,10,16,25H,9,11-15,17-18H2,1-4H3. The van der Waals surface area contributed by atoms with Crippen molar-refractivity contribution < 1.29 is 9.59 Å². The van der Waals surface area contributed by atoms with E-state index < -0.39 is 0 Å². The number of carbonyl (C=O) groups excluding carboxylic acids is 2. The van der Waals surface area contributed by atoms with Gasteiger partial charge in [-0.15, -0.1) is 11.3 Å². The van der Waals surface area contributed by atoms with Gasteiger partial charge in [-0.3, -0.25) is 14.5 Å². The minimum absolute atomic E-state index is 0.0105. The van der Waals surface area contributed by atoms with Crippen LogP contribution in [0, 0.1) is 12.3 Å². The highest BCUT2D eigenvalue weighted by Gasteiger charge is 2.33. The van der Waals surface area contributed by atoms with Crippen LogP contribution in [-0.4, -0.2) is 65.8 Å². The second-order valence-electron chi connectivity index (χ2n) is 10.3. The molecule has 4 rings (SSSR count). The van der Waals surface area contributed by atoms with Crippen molar-refractivity contribution in [2.75, 3.05) is 39.3 Å². The number of hydrogen-bond acceptors (Lipinski definition) is 4. The van der Waals surface area contributed by atoms with Crippen LogP contribution < -0.4 is 0 Å². The van der Waals surface area contributed by atoms with E-state index in [1.165, 1.54) is 21.6 Å². The maximum absolute atomic E-state index is 13.3. The van der Waals surface area contributed by atoms with Crippen LogP contribution >= 0.6 is 11.3 Å². The van der Waals surface area contributed by atoms with E-state index in [1.807, 2.05) is 21.1 Å². The van der Waals surface area contributed by atoms with Gasteiger partial charge in [-0.2, -0.15) is 0 Å². The SMILES string of the molecule is Cc1ccccc1C1c2ccsc2CCN1CC(=O)N1CCN(C(=O)CC(C)(C)C)CC1. The van der Waals surface area contributed by atoms with Gasteiger partial charge in [-0.1, -0.05) is 45.0 Å². The lowest BCUT2D eigenvalue weighted by Gasteiger charge is -2.40. The first-order valence-electron chi connectivity index (χ1n) is 11.6. The fourth-order valence-corrected chi connectivity index (χ4v) is 5.74. The van der Waals surface area contributed by atoms with Gasteiger partial charge in [-0.25, -0.2) is 0 Å². The number of carbonyl (C=O) groups is 2. The van der Waals surface area contributed by atoms with Gasteiger partial charge in [0.25, 0.3) is 0 Å². The Balaban J connectivity index is 1.43. The first-order valence-corrected chi connectivity index (χ1v) is 12.5. The molecule has 6 heteroatoms. The molecule has 172 valence electrons. The van der Waals surface area contributed by atoms with Gasteiger partial charge >= 0.3 is 0 Å². The van der Waals surface area contributed by atoms with Crippen LogP contribution in [0.5, 0.6) is 0 Å². The predicted octanol–water partition coefficient (Wildman–Crippen LogP) is 4.11. The molecule has 0 bridgehead atoms. The fourth-order valence-electron chi connectivity index (χ4n) is 4.84. The molecule has 32 heavy (non-hydrogen) atoms. The third-order valence-corrected chi connectivity index (χ3v) is 7.55. The lowest BCUT2D eigenvalue weighted by molar-refractivity contribution is -0.141. The molecule has 0 saturated carbocycles. The Hall–Kier alpha value is -2.18. The summed E-state index contributed by atoms with van der Waals surface area (Å²) in [5, 5.41) is 2.18. The highest BCUT2D eigenvalue weighted by Crippen LogP contribution is 2.38. The molecule has 3 heterocycles. The topological polar surface area (TPSA) is 43.9 Å². The molecule has 0 radical (unpaired) electrons. The molecule has 1 aromatic carbocycles. The van der Waals surface area contributed by atoms with Gasteiger partial charge in [-0.05, 0) is 46.9 Å². The van der Waals surface area contributed by atoms with Gasteiger partial charge in [0.2, 0.25) is 11.8 Å². The van der Waals surface area contributed by atoms with Gasteiger partial charge in [0.05, 0.1) is 12.6 Å². The highest BCUT2D eigenvalue weighted by molar-refractivity contribution is 7.10. The van der Waals surface area contributed by atoms with Crippen molar-refractivity contribution in [3.63, 3.8) is 0 Å². The van der Waals surface area contributed by atoms with E-state index in [0.717, 1.165) is 13.0 Å². The summed E-state index contributed by atoms with van der Waals surface area (Å²) in [5.41, 5.74) is 3.89. The maximum Gasteiger partial charge on any atom is 0.236 e. The van der Waals surface area contributed by atoms with Crippen LogP contribution in [0.25, 0.3) is 0 Å². The Morgan fingerprint density at radius 1 is 0.938 bits per heavy atom. The summed E-state index contributed by atoms with van der Waals surface area (Å²) in [4.78, 5) is 33.5. The molecule has 1 saturated heterocycles. The smallest absolute Gasteiger partial charge is 0.236 e. The molecule has 0 aliphatic carbocycles. The largest absolute Gasteiger partial charge is 0.339 e. The van der Waals surface area contributed by atoms with Gasteiger partial charge in [0, 0.05) is 44.0 Å². The van der Waals surface area contributed by atoms with Crippen molar-refractivity contribution >= 4 is 23.2 Å². The first kappa shape index (κ1) is 23.0. The lowest BCUT2D eigenvalue weighted by atomic mass is 9.90. The van der Waals surface area contributed by atoms with Gasteiger partial charge < -0.3 is 9.80 Å². The van der Waals surface area contributed by atoms with E-state index in [-0.39, 0.29) is 23.3 Å². The molecular formula is C26H35N3O2S. The zero-order chi connectivity index (χ0) is 22.9. The molecule has 0 spiro atoms. The van der Waals surface area contributed by atoms with E-state index in [0.29, 0.717) is 39.1 Å². The summed E-state index contributed by atoms with van der Waals surface area (Å²) >= 11 is 1.83.